The summed E-state index contributed by atoms with van der Waals surface area (Å²) in [4.78, 5) is 29.8. The molecule has 9 rings (SSSR count). The van der Waals surface area contributed by atoms with Gasteiger partial charge in [0.2, 0.25) is 0 Å². The second-order valence-corrected chi connectivity index (χ2v) is 14.9. The molecule has 322 valence electrons. The molecule has 1 aliphatic heterocycles. The number of para-hydroxylation sites is 1. The molecule has 0 bridgehead atoms. The fourth-order valence-electron chi connectivity index (χ4n) is 8.09. The summed E-state index contributed by atoms with van der Waals surface area (Å²) in [5, 5.41) is 0.146. The largest absolute Gasteiger partial charge is 0.416 e. The molecule has 0 saturated heterocycles. The molecule has 0 fully saturated rings. The van der Waals surface area contributed by atoms with Crippen LogP contribution >= 0.6 is 0 Å². The van der Waals surface area contributed by atoms with E-state index in [0.29, 0.717) is 35.4 Å². The number of halogens is 12. The van der Waals surface area contributed by atoms with Crippen molar-refractivity contribution in [3.8, 4) is 39.1 Å². The number of aromatic nitrogens is 1. The number of alkyl halides is 12. The zero-order valence-corrected chi connectivity index (χ0v) is 32.1. The van der Waals surface area contributed by atoms with Crippen molar-refractivity contribution >= 4 is 39.3 Å². The van der Waals surface area contributed by atoms with Gasteiger partial charge in [-0.05, 0) is 107 Å². The van der Waals surface area contributed by atoms with Gasteiger partial charge >= 0.3 is 24.7 Å². The first-order valence-corrected chi connectivity index (χ1v) is 18.9. The highest BCUT2D eigenvalue weighted by Gasteiger charge is 2.41. The van der Waals surface area contributed by atoms with Crippen LogP contribution in [0, 0.1) is 0 Å². The Morgan fingerprint density at radius 2 is 0.766 bits per heavy atom. The molecule has 64 heavy (non-hydrogen) atoms. The number of imide groups is 1. The van der Waals surface area contributed by atoms with Crippen LogP contribution < -0.4 is 4.90 Å². The maximum absolute atomic E-state index is 14.6. The second-order valence-electron chi connectivity index (χ2n) is 14.9. The molecule has 0 aliphatic carbocycles. The fraction of sp³-hybridized carbons (Fsp3) is 0.0833. The molecule has 1 aliphatic rings. The summed E-state index contributed by atoms with van der Waals surface area (Å²) in [6.07, 6.45) is -20.8. The van der Waals surface area contributed by atoms with Crippen molar-refractivity contribution in [3.05, 3.63) is 179 Å². The highest BCUT2D eigenvalue weighted by atomic mass is 19.4. The van der Waals surface area contributed by atoms with Gasteiger partial charge in [-0.2, -0.15) is 52.7 Å². The van der Waals surface area contributed by atoms with Gasteiger partial charge in [0.15, 0.2) is 0 Å². The lowest BCUT2D eigenvalue weighted by molar-refractivity contribution is -0.144. The average Bonchev–Trinajstić information content (AvgIpc) is 3.71. The van der Waals surface area contributed by atoms with Crippen molar-refractivity contribution in [2.45, 2.75) is 24.7 Å². The van der Waals surface area contributed by atoms with Crippen LogP contribution in [0.5, 0.6) is 0 Å². The number of anilines is 1. The molecule has 0 spiro atoms. The van der Waals surface area contributed by atoms with Crippen LogP contribution in [0.1, 0.15) is 43.0 Å². The van der Waals surface area contributed by atoms with Gasteiger partial charge in [0.1, 0.15) is 0 Å². The van der Waals surface area contributed by atoms with Crippen molar-refractivity contribution < 1.29 is 62.3 Å². The number of amides is 2. The average molecular weight is 889 g/mol. The molecule has 16 heteroatoms. The van der Waals surface area contributed by atoms with E-state index in [4.69, 9.17) is 0 Å². The Balaban J connectivity index is 1.30. The molecule has 2 heterocycles. The first kappa shape index (κ1) is 42.0. The van der Waals surface area contributed by atoms with Gasteiger partial charge in [0.25, 0.3) is 11.8 Å². The summed E-state index contributed by atoms with van der Waals surface area (Å²) < 4.78 is 169. The van der Waals surface area contributed by atoms with Crippen molar-refractivity contribution in [2.75, 3.05) is 4.90 Å². The van der Waals surface area contributed by atoms with Crippen LogP contribution in [0.15, 0.2) is 146 Å². The van der Waals surface area contributed by atoms with Crippen LogP contribution in [0.4, 0.5) is 58.4 Å². The number of fused-ring (bicyclic) bond motifs is 4. The summed E-state index contributed by atoms with van der Waals surface area (Å²) in [5.74, 6) is -1.44. The Hall–Kier alpha value is -7.36. The Morgan fingerprint density at radius 3 is 1.23 bits per heavy atom. The maximum Gasteiger partial charge on any atom is 0.416 e. The van der Waals surface area contributed by atoms with E-state index in [0.717, 1.165) is 4.90 Å². The number of nitrogens with zero attached hydrogens (tertiary/aromatic N) is 2. The Labute approximate surface area is 353 Å². The highest BCUT2D eigenvalue weighted by molar-refractivity contribution is 6.36. The minimum absolute atomic E-state index is 0.0269. The van der Waals surface area contributed by atoms with Gasteiger partial charge in [-0.15, -0.1) is 0 Å². The van der Waals surface area contributed by atoms with Crippen molar-refractivity contribution in [3.63, 3.8) is 0 Å². The third-order valence-electron chi connectivity index (χ3n) is 11.0. The van der Waals surface area contributed by atoms with Gasteiger partial charge in [0.05, 0.1) is 55.8 Å². The van der Waals surface area contributed by atoms with E-state index in [2.05, 4.69) is 0 Å². The summed E-state index contributed by atoms with van der Waals surface area (Å²) in [5.41, 5.74) is -5.99. The number of hydrogen-bond acceptors (Lipinski definition) is 2. The Bertz CT molecular complexity index is 3020. The lowest BCUT2D eigenvalue weighted by Crippen LogP contribution is -2.30. The third kappa shape index (κ3) is 7.21. The predicted molar refractivity (Wildman–Crippen MR) is 215 cm³/mol. The normalized spacial score (nSPS) is 13.7. The Morgan fingerprint density at radius 1 is 0.344 bits per heavy atom. The topological polar surface area (TPSA) is 42.3 Å². The molecular formula is C48H24F12N2O2. The predicted octanol–water partition coefficient (Wildman–Crippen LogP) is 14.7. The molecule has 0 N–H and O–H groups in total. The monoisotopic (exact) mass is 888 g/mol. The van der Waals surface area contributed by atoms with Crippen molar-refractivity contribution in [1.29, 1.82) is 0 Å². The van der Waals surface area contributed by atoms with E-state index < -0.39 is 69.9 Å². The summed E-state index contributed by atoms with van der Waals surface area (Å²) in [6.45, 7) is 0. The summed E-state index contributed by atoms with van der Waals surface area (Å²) in [6, 6.07) is 29.6. The minimum Gasteiger partial charge on any atom is -0.308 e. The van der Waals surface area contributed by atoms with E-state index in [-0.39, 0.29) is 67.6 Å². The lowest BCUT2D eigenvalue weighted by atomic mass is 9.96. The fourth-order valence-corrected chi connectivity index (χ4v) is 8.09. The SMILES string of the molecule is O=C1c2cccc(-n3c4ccc(-c5cc(C(F)(F)F)cc(C(F)(F)F)c5)cc4c4cc(-c5cc(C(F)(F)F)cc(C(F)(F)F)c5)ccc43)c2C(=O)N1c1ccccc1-c1ccccc1. The van der Waals surface area contributed by atoms with Crippen LogP contribution in [-0.2, 0) is 24.7 Å². The van der Waals surface area contributed by atoms with Gasteiger partial charge in [-0.1, -0.05) is 66.7 Å². The molecule has 8 aromatic rings. The zero-order chi connectivity index (χ0) is 45.7. The van der Waals surface area contributed by atoms with Gasteiger partial charge in [0, 0.05) is 16.3 Å². The van der Waals surface area contributed by atoms with Crippen LogP contribution in [-0.4, -0.2) is 16.4 Å². The zero-order valence-electron chi connectivity index (χ0n) is 32.1. The molecule has 4 nitrogen and oxygen atoms in total. The molecule has 7 aromatic carbocycles. The molecule has 2 amide bonds. The molecule has 0 unspecified atom stereocenters. The number of carbonyl (C=O) groups is 2. The molecule has 1 aromatic heterocycles. The second kappa shape index (κ2) is 14.6. The number of rotatable bonds is 5. The van der Waals surface area contributed by atoms with Gasteiger partial charge < -0.3 is 4.57 Å². The molecule has 0 radical (unpaired) electrons. The van der Waals surface area contributed by atoms with E-state index >= 15 is 0 Å². The quantitative estimate of drug-likeness (QED) is 0.128. The lowest BCUT2D eigenvalue weighted by Gasteiger charge is -2.18. The van der Waals surface area contributed by atoms with E-state index in [1.54, 1.807) is 54.6 Å². The summed E-state index contributed by atoms with van der Waals surface area (Å²) >= 11 is 0. The van der Waals surface area contributed by atoms with Crippen LogP contribution in [0.2, 0.25) is 0 Å². The highest BCUT2D eigenvalue weighted by Crippen LogP contribution is 2.45. The summed E-state index contributed by atoms with van der Waals surface area (Å²) in [7, 11) is 0. The van der Waals surface area contributed by atoms with Crippen molar-refractivity contribution in [2.24, 2.45) is 0 Å². The number of hydrogen-bond donors (Lipinski definition) is 0. The third-order valence-corrected chi connectivity index (χ3v) is 11.0. The Kier molecular flexibility index (Phi) is 9.58. The molecular weight excluding hydrogens is 865 g/mol. The van der Waals surface area contributed by atoms with Gasteiger partial charge in [-0.25, -0.2) is 4.90 Å². The van der Waals surface area contributed by atoms with Crippen molar-refractivity contribution in [1.82, 2.24) is 4.57 Å². The van der Waals surface area contributed by atoms with Gasteiger partial charge in [-0.3, -0.25) is 9.59 Å². The molecule has 0 atom stereocenters. The number of benzene rings is 7. The minimum atomic E-state index is -5.20. The van der Waals surface area contributed by atoms with E-state index in [9.17, 15) is 62.3 Å². The molecule has 0 saturated carbocycles. The smallest absolute Gasteiger partial charge is 0.308 e. The maximum atomic E-state index is 14.6. The van der Waals surface area contributed by atoms with Crippen LogP contribution in [0.3, 0.4) is 0 Å². The van der Waals surface area contributed by atoms with E-state index in [1.165, 1.54) is 59.2 Å². The van der Waals surface area contributed by atoms with E-state index in [1.807, 2.05) is 0 Å². The number of carbonyl (C=O) groups excluding carboxylic acids is 2. The first-order chi connectivity index (χ1) is 30.1. The van der Waals surface area contributed by atoms with Crippen LogP contribution in [0.25, 0.3) is 60.9 Å². The first-order valence-electron chi connectivity index (χ1n) is 18.9. The standard InChI is InChI=1S/C48H24F12N2O2/c49-45(50,51)30-17-28(18-31(23-30)46(52,53)54)26-13-15-39-36(21-26)37-22-27(29-19-32(47(55,56)57)24-33(20-29)48(58,59)60)14-16-40(37)61(39)41-12-6-10-35-42(41)44(64)62(43(35)63)38-11-5-4-9-34(38)25-7-2-1-3-8-25/h1-24H.